The van der Waals surface area contributed by atoms with Gasteiger partial charge in [-0.2, -0.15) is 0 Å². The van der Waals surface area contributed by atoms with Crippen LogP contribution in [-0.4, -0.2) is 29.6 Å². The van der Waals surface area contributed by atoms with Gasteiger partial charge in [-0.05, 0) is 19.4 Å². The van der Waals surface area contributed by atoms with Crippen molar-refractivity contribution in [3.63, 3.8) is 0 Å². The lowest BCUT2D eigenvalue weighted by Gasteiger charge is -2.51. The molecule has 0 radical (unpaired) electrons. The number of carbonyl (C=O) groups excluding carboxylic acids is 1. The van der Waals surface area contributed by atoms with Gasteiger partial charge in [-0.25, -0.2) is 0 Å². The minimum absolute atomic E-state index is 0.0240. The number of nitrogens with one attached hydrogen (secondary N) is 2. The molecule has 18 heavy (non-hydrogen) atoms. The van der Waals surface area contributed by atoms with Crippen molar-refractivity contribution >= 4 is 11.6 Å². The number of hydrogen-bond acceptors (Lipinski definition) is 3. The molecule has 0 spiro atoms. The monoisotopic (exact) mass is 251 g/mol. The predicted octanol–water partition coefficient (Wildman–Crippen LogP) is 1.53. The number of aromatic amines is 1. The van der Waals surface area contributed by atoms with Crippen LogP contribution in [0.15, 0.2) is 12.3 Å². The number of rotatable bonds is 4. The fourth-order valence-corrected chi connectivity index (χ4v) is 2.39. The molecule has 5 nitrogen and oxygen atoms in total. The lowest BCUT2D eigenvalue weighted by molar-refractivity contribution is -0.111. The second kappa shape index (κ2) is 4.65. The van der Waals surface area contributed by atoms with E-state index in [1.807, 2.05) is 6.92 Å². The number of nitrogen functional groups attached to an aromatic ring is 1. The molecule has 1 saturated carbocycles. The molecule has 5 heteroatoms. The number of aromatic nitrogens is 1. The molecule has 0 bridgehead atoms. The smallest absolute Gasteiger partial charge is 0.268 e. The second-order valence-electron chi connectivity index (χ2n) is 5.37. The maximum atomic E-state index is 12.0. The summed E-state index contributed by atoms with van der Waals surface area (Å²) in [6.07, 6.45) is 2.70. The van der Waals surface area contributed by atoms with Gasteiger partial charge >= 0.3 is 0 Å². The maximum absolute atomic E-state index is 12.0. The van der Waals surface area contributed by atoms with Crippen molar-refractivity contribution in [3.8, 4) is 0 Å². The number of anilines is 1. The van der Waals surface area contributed by atoms with E-state index in [1.54, 1.807) is 12.3 Å². The molecule has 1 aliphatic rings. The van der Waals surface area contributed by atoms with Gasteiger partial charge in [0, 0.05) is 29.9 Å². The molecule has 1 aromatic heterocycles. The third kappa shape index (κ3) is 2.22. The quantitative estimate of drug-likeness (QED) is 0.759. The van der Waals surface area contributed by atoms with Crippen LogP contribution in [0, 0.1) is 5.41 Å². The van der Waals surface area contributed by atoms with E-state index < -0.39 is 0 Å². The summed E-state index contributed by atoms with van der Waals surface area (Å²) in [6.45, 7) is 6.93. The number of amides is 1. The first-order chi connectivity index (χ1) is 8.45. The Morgan fingerprint density at radius 2 is 2.39 bits per heavy atom. The first-order valence-corrected chi connectivity index (χ1v) is 6.31. The number of carbonyl (C=O) groups is 1. The summed E-state index contributed by atoms with van der Waals surface area (Å²) in [7, 11) is 0. The van der Waals surface area contributed by atoms with Crippen LogP contribution < -0.4 is 11.1 Å². The summed E-state index contributed by atoms with van der Waals surface area (Å²) in [4.78, 5) is 14.8. The van der Waals surface area contributed by atoms with E-state index >= 15 is 0 Å². The fraction of sp³-hybridized carbons (Fsp3) is 0.615. The molecule has 1 heterocycles. The Kier molecular flexibility index (Phi) is 3.34. The Labute approximate surface area is 107 Å². The minimum atomic E-state index is -0.111. The van der Waals surface area contributed by atoms with E-state index in [0.29, 0.717) is 18.0 Å². The average molecular weight is 251 g/mol. The highest BCUT2D eigenvalue weighted by Crippen LogP contribution is 2.42. The molecular formula is C13H21N3O2. The molecule has 1 amide bonds. The second-order valence-corrected chi connectivity index (χ2v) is 5.37. The highest BCUT2D eigenvalue weighted by Gasteiger charge is 2.49. The first kappa shape index (κ1) is 13.0. The zero-order valence-corrected chi connectivity index (χ0v) is 11.1. The normalized spacial score (nSPS) is 25.5. The van der Waals surface area contributed by atoms with Crippen LogP contribution >= 0.6 is 0 Å². The van der Waals surface area contributed by atoms with Crippen LogP contribution in [0.25, 0.3) is 0 Å². The average Bonchev–Trinajstić information content (AvgIpc) is 2.74. The number of nitrogens with two attached hydrogens (primary N) is 1. The lowest BCUT2D eigenvalue weighted by Crippen LogP contribution is -2.62. The van der Waals surface area contributed by atoms with Crippen LogP contribution in [0.3, 0.4) is 0 Å². The lowest BCUT2D eigenvalue weighted by atomic mass is 9.64. The van der Waals surface area contributed by atoms with Crippen molar-refractivity contribution in [2.75, 3.05) is 12.3 Å². The molecule has 2 unspecified atom stereocenters. The van der Waals surface area contributed by atoms with Gasteiger partial charge < -0.3 is 20.8 Å². The van der Waals surface area contributed by atoms with Crippen molar-refractivity contribution in [3.05, 3.63) is 18.0 Å². The molecule has 4 N–H and O–H groups in total. The maximum Gasteiger partial charge on any atom is 0.268 e. The Hall–Kier alpha value is -1.49. The van der Waals surface area contributed by atoms with Gasteiger partial charge in [-0.3, -0.25) is 4.79 Å². The largest absolute Gasteiger partial charge is 0.397 e. The van der Waals surface area contributed by atoms with Crippen LogP contribution in [-0.2, 0) is 4.74 Å². The topological polar surface area (TPSA) is 80.1 Å². The summed E-state index contributed by atoms with van der Waals surface area (Å²) in [5.41, 5.74) is 6.63. The van der Waals surface area contributed by atoms with Crippen molar-refractivity contribution < 1.29 is 9.53 Å². The summed E-state index contributed by atoms with van der Waals surface area (Å²) in [6, 6.07) is 1.78. The van der Waals surface area contributed by atoms with Crippen LogP contribution in [0.2, 0.25) is 0 Å². The molecule has 1 fully saturated rings. The molecule has 2 rings (SSSR count). The zero-order chi connectivity index (χ0) is 13.3. The van der Waals surface area contributed by atoms with E-state index in [1.165, 1.54) is 0 Å². The third-order valence-electron chi connectivity index (χ3n) is 3.80. The summed E-state index contributed by atoms with van der Waals surface area (Å²) >= 11 is 0. The Morgan fingerprint density at radius 3 is 2.89 bits per heavy atom. The molecule has 1 aromatic rings. The van der Waals surface area contributed by atoms with E-state index in [9.17, 15) is 4.79 Å². The van der Waals surface area contributed by atoms with Crippen molar-refractivity contribution in [2.24, 2.45) is 5.41 Å². The van der Waals surface area contributed by atoms with Gasteiger partial charge in [0.25, 0.3) is 5.91 Å². The number of hydrogen-bond donors (Lipinski definition) is 3. The number of H-pyrrole nitrogens is 1. The van der Waals surface area contributed by atoms with Gasteiger partial charge in [0.05, 0.1) is 6.10 Å². The Bertz CT molecular complexity index is 439. The number of ether oxygens (including phenoxy) is 1. The first-order valence-electron chi connectivity index (χ1n) is 6.31. The van der Waals surface area contributed by atoms with Crippen LogP contribution in [0.1, 0.15) is 37.7 Å². The molecule has 0 aliphatic heterocycles. The molecule has 100 valence electrons. The SMILES string of the molecule is CCOC1CC(NC(=O)c2cc(N)c[nH]2)C1(C)C. The Morgan fingerprint density at radius 1 is 1.67 bits per heavy atom. The van der Waals surface area contributed by atoms with Crippen molar-refractivity contribution in [2.45, 2.75) is 39.3 Å². The van der Waals surface area contributed by atoms with E-state index in [-0.39, 0.29) is 23.5 Å². The predicted molar refractivity (Wildman–Crippen MR) is 70.3 cm³/mol. The van der Waals surface area contributed by atoms with Crippen LogP contribution in [0.4, 0.5) is 5.69 Å². The summed E-state index contributed by atoms with van der Waals surface area (Å²) in [5.74, 6) is -0.111. The van der Waals surface area contributed by atoms with Crippen molar-refractivity contribution in [1.82, 2.24) is 10.3 Å². The van der Waals surface area contributed by atoms with Gasteiger partial charge in [0.1, 0.15) is 5.69 Å². The summed E-state index contributed by atoms with van der Waals surface area (Å²) in [5, 5.41) is 3.02. The van der Waals surface area contributed by atoms with Gasteiger partial charge in [0.2, 0.25) is 0 Å². The van der Waals surface area contributed by atoms with Gasteiger partial charge in [0.15, 0.2) is 0 Å². The van der Waals surface area contributed by atoms with E-state index in [4.69, 9.17) is 10.5 Å². The molecule has 2 atom stereocenters. The molecule has 1 aliphatic carbocycles. The van der Waals surface area contributed by atoms with Gasteiger partial charge in [-0.15, -0.1) is 0 Å². The highest BCUT2D eigenvalue weighted by molar-refractivity contribution is 5.93. The summed E-state index contributed by atoms with van der Waals surface area (Å²) < 4.78 is 5.64. The van der Waals surface area contributed by atoms with E-state index in [2.05, 4.69) is 24.1 Å². The standard InChI is InChI=1S/C13H21N3O2/c1-4-18-11-6-10(13(11,2)3)16-12(17)9-5-8(14)7-15-9/h5,7,10-11,15H,4,6,14H2,1-3H3,(H,16,17). The van der Waals surface area contributed by atoms with Crippen molar-refractivity contribution in [1.29, 1.82) is 0 Å². The molecule has 0 aromatic carbocycles. The molecular weight excluding hydrogens is 230 g/mol. The minimum Gasteiger partial charge on any atom is -0.397 e. The van der Waals surface area contributed by atoms with Crippen LogP contribution in [0.5, 0.6) is 0 Å². The zero-order valence-electron chi connectivity index (χ0n) is 11.1. The fourth-order valence-electron chi connectivity index (χ4n) is 2.39. The Balaban J connectivity index is 1.94. The molecule has 0 saturated heterocycles. The third-order valence-corrected chi connectivity index (χ3v) is 3.80. The highest BCUT2D eigenvalue weighted by atomic mass is 16.5. The van der Waals surface area contributed by atoms with E-state index in [0.717, 1.165) is 6.42 Å². The van der Waals surface area contributed by atoms with Gasteiger partial charge in [-0.1, -0.05) is 13.8 Å².